The van der Waals surface area contributed by atoms with E-state index in [2.05, 4.69) is 4.98 Å². The Morgan fingerprint density at radius 3 is 3.10 bits per heavy atom. The van der Waals surface area contributed by atoms with E-state index in [1.807, 2.05) is 0 Å². The molecule has 1 heterocycles. The Kier molecular flexibility index (Phi) is 2.27. The first-order valence-corrected chi connectivity index (χ1v) is 2.72. The number of pyridine rings is 1. The normalized spacial score (nSPS) is 8.30. The lowest BCUT2D eigenvalue weighted by molar-refractivity contribution is 0.420. The van der Waals surface area contributed by atoms with Gasteiger partial charge in [0.15, 0.2) is 0 Å². The van der Waals surface area contributed by atoms with Gasteiger partial charge in [0.25, 0.3) is 0 Å². The fourth-order valence-corrected chi connectivity index (χ4v) is 0.504. The molecule has 0 amide bonds. The lowest BCUT2D eigenvalue weighted by atomic mass is 10.5. The van der Waals surface area contributed by atoms with Crippen LogP contribution in [0.2, 0.25) is 0 Å². The predicted octanol–water partition coefficient (Wildman–Crippen LogP) is 1.15. The quantitative estimate of drug-likeness (QED) is 0.607. The summed E-state index contributed by atoms with van der Waals surface area (Å²) < 4.78 is 4.76. The van der Waals surface area contributed by atoms with Gasteiger partial charge in [-0.15, -0.1) is 0 Å². The molecule has 0 N–H and O–H groups in total. The van der Waals surface area contributed by atoms with Crippen LogP contribution >= 0.6 is 0 Å². The first kappa shape index (κ1) is 6.56. The fraction of sp³-hybridized carbons (Fsp3) is 0. The second-order valence-electron chi connectivity index (χ2n) is 1.53. The fourth-order valence-electron chi connectivity index (χ4n) is 0.504. The van der Waals surface area contributed by atoms with E-state index in [0.29, 0.717) is 5.88 Å². The molecular weight excluding hydrogens is 128 g/mol. The molecule has 0 saturated heterocycles. The molecule has 0 atom stereocenters. The molecule has 0 unspecified atom stereocenters. The largest absolute Gasteiger partial charge is 0.454 e. The van der Waals surface area contributed by atoms with Crippen molar-refractivity contribution in [3.8, 4) is 11.9 Å². The van der Waals surface area contributed by atoms with Crippen LogP contribution < -0.4 is 4.74 Å². The first-order chi connectivity index (χ1) is 4.93. The number of rotatable bonds is 2. The Morgan fingerprint density at radius 2 is 2.50 bits per heavy atom. The summed E-state index contributed by atoms with van der Waals surface area (Å²) >= 11 is 0. The maximum absolute atomic E-state index is 8.07. The zero-order chi connectivity index (χ0) is 7.23. The van der Waals surface area contributed by atoms with Gasteiger partial charge in [-0.1, -0.05) is 6.07 Å². The Bertz CT molecular complexity index is 227. The van der Waals surface area contributed by atoms with Crippen LogP contribution in [0, 0.1) is 17.9 Å². The van der Waals surface area contributed by atoms with Gasteiger partial charge in [0.05, 0.1) is 0 Å². The summed E-state index contributed by atoms with van der Waals surface area (Å²) in [6.45, 7) is 1.03. The average Bonchev–Trinajstić information content (AvgIpc) is 2.03. The van der Waals surface area contributed by atoms with Crippen LogP contribution in [0.25, 0.3) is 0 Å². The van der Waals surface area contributed by atoms with Crippen LogP contribution in [0.15, 0.2) is 24.4 Å². The van der Waals surface area contributed by atoms with Crippen molar-refractivity contribution in [1.82, 2.24) is 4.98 Å². The molecule has 0 aliphatic heterocycles. The van der Waals surface area contributed by atoms with Crippen LogP contribution in [0.3, 0.4) is 0 Å². The summed E-state index contributed by atoms with van der Waals surface area (Å²) in [5.41, 5.74) is 0. The van der Waals surface area contributed by atoms with Gasteiger partial charge >= 0.3 is 0 Å². The summed E-state index contributed by atoms with van der Waals surface area (Å²) in [5.74, 6) is 0.434. The Hall–Kier alpha value is -1.56. The summed E-state index contributed by atoms with van der Waals surface area (Å²) in [6.07, 6.45) is 1.60. The minimum absolute atomic E-state index is 0.434. The Balaban J connectivity index is 2.52. The molecule has 10 heavy (non-hydrogen) atoms. The Morgan fingerprint density at radius 1 is 1.60 bits per heavy atom. The number of aromatic nitrogens is 1. The number of hydrogen-bond donors (Lipinski definition) is 0. The molecule has 0 spiro atoms. The van der Waals surface area contributed by atoms with E-state index in [1.54, 1.807) is 30.5 Å². The number of nitriles is 1. The summed E-state index contributed by atoms with van der Waals surface area (Å²) in [4.78, 5) is 3.81. The second kappa shape index (κ2) is 3.46. The maximum Gasteiger partial charge on any atom is 0.236 e. The third-order valence-corrected chi connectivity index (χ3v) is 0.870. The Labute approximate surface area is 58.9 Å². The van der Waals surface area contributed by atoms with Gasteiger partial charge in [-0.2, -0.15) is 5.26 Å². The SMILES string of the molecule is N#C[CH]Oc1ccccn1. The van der Waals surface area contributed by atoms with E-state index >= 15 is 0 Å². The highest BCUT2D eigenvalue weighted by Gasteiger charge is 1.89. The van der Waals surface area contributed by atoms with E-state index in [1.165, 1.54) is 0 Å². The molecule has 0 aliphatic carbocycles. The van der Waals surface area contributed by atoms with Crippen molar-refractivity contribution in [3.63, 3.8) is 0 Å². The minimum Gasteiger partial charge on any atom is -0.454 e. The van der Waals surface area contributed by atoms with Gasteiger partial charge in [0, 0.05) is 12.3 Å². The van der Waals surface area contributed by atoms with Crippen LogP contribution in [0.1, 0.15) is 0 Å². The van der Waals surface area contributed by atoms with Gasteiger partial charge in [0.2, 0.25) is 12.5 Å². The average molecular weight is 133 g/mol. The van der Waals surface area contributed by atoms with Crippen LogP contribution in [-0.4, -0.2) is 4.98 Å². The molecule has 0 fully saturated rings. The highest BCUT2D eigenvalue weighted by molar-refractivity contribution is 5.11. The van der Waals surface area contributed by atoms with E-state index in [9.17, 15) is 0 Å². The van der Waals surface area contributed by atoms with Gasteiger partial charge < -0.3 is 4.74 Å². The van der Waals surface area contributed by atoms with Crippen molar-refractivity contribution in [3.05, 3.63) is 31.0 Å². The lowest BCUT2D eigenvalue weighted by Crippen LogP contribution is -1.88. The standard InChI is InChI=1S/C7H5N2O/c8-4-6-10-7-3-1-2-5-9-7/h1-3,5-6H. The molecular formula is C7H5N2O. The van der Waals surface area contributed by atoms with E-state index in [-0.39, 0.29) is 0 Å². The molecule has 0 aromatic carbocycles. The van der Waals surface area contributed by atoms with Crippen LogP contribution in [0.5, 0.6) is 5.88 Å². The molecule has 49 valence electrons. The number of hydrogen-bond acceptors (Lipinski definition) is 3. The molecule has 0 bridgehead atoms. The van der Waals surface area contributed by atoms with Gasteiger partial charge in [-0.3, -0.25) is 0 Å². The van der Waals surface area contributed by atoms with Crippen LogP contribution in [-0.2, 0) is 0 Å². The number of ether oxygens (including phenoxy) is 1. The molecule has 3 heteroatoms. The topological polar surface area (TPSA) is 45.9 Å². The highest BCUT2D eigenvalue weighted by atomic mass is 16.5. The highest BCUT2D eigenvalue weighted by Crippen LogP contribution is 2.02. The van der Waals surface area contributed by atoms with Gasteiger partial charge in [-0.25, -0.2) is 4.98 Å². The third-order valence-electron chi connectivity index (χ3n) is 0.870. The van der Waals surface area contributed by atoms with Crippen molar-refractivity contribution in [2.45, 2.75) is 0 Å². The van der Waals surface area contributed by atoms with Gasteiger partial charge in [0.1, 0.15) is 6.07 Å². The van der Waals surface area contributed by atoms with Crippen molar-refractivity contribution in [1.29, 1.82) is 5.26 Å². The molecule has 1 aromatic rings. The molecule has 0 aliphatic rings. The zero-order valence-electron chi connectivity index (χ0n) is 5.19. The molecule has 1 radical (unpaired) electrons. The smallest absolute Gasteiger partial charge is 0.236 e. The summed E-state index contributed by atoms with van der Waals surface area (Å²) in [7, 11) is 0. The summed E-state index contributed by atoms with van der Waals surface area (Å²) in [6, 6.07) is 6.97. The van der Waals surface area contributed by atoms with E-state index < -0.39 is 0 Å². The van der Waals surface area contributed by atoms with E-state index in [4.69, 9.17) is 10.00 Å². The number of nitrogens with zero attached hydrogens (tertiary/aromatic N) is 2. The van der Waals surface area contributed by atoms with Crippen molar-refractivity contribution in [2.24, 2.45) is 0 Å². The van der Waals surface area contributed by atoms with Crippen molar-refractivity contribution >= 4 is 0 Å². The van der Waals surface area contributed by atoms with Crippen molar-refractivity contribution in [2.75, 3.05) is 0 Å². The predicted molar refractivity (Wildman–Crippen MR) is 34.8 cm³/mol. The van der Waals surface area contributed by atoms with Crippen molar-refractivity contribution < 1.29 is 4.74 Å². The third kappa shape index (κ3) is 1.75. The molecule has 3 nitrogen and oxygen atoms in total. The maximum atomic E-state index is 8.07. The minimum atomic E-state index is 0.434. The second-order valence-corrected chi connectivity index (χ2v) is 1.53. The van der Waals surface area contributed by atoms with Crippen LogP contribution in [0.4, 0.5) is 0 Å². The molecule has 1 aromatic heterocycles. The molecule has 0 saturated carbocycles. The zero-order valence-corrected chi connectivity index (χ0v) is 5.19. The lowest BCUT2D eigenvalue weighted by Gasteiger charge is -1.95. The summed E-state index contributed by atoms with van der Waals surface area (Å²) in [5, 5.41) is 8.07. The van der Waals surface area contributed by atoms with Gasteiger partial charge in [-0.05, 0) is 6.07 Å². The monoisotopic (exact) mass is 133 g/mol. The molecule has 1 rings (SSSR count). The van der Waals surface area contributed by atoms with E-state index in [0.717, 1.165) is 6.61 Å². The first-order valence-electron chi connectivity index (χ1n) is 2.72.